The van der Waals surface area contributed by atoms with Crippen molar-refractivity contribution in [1.29, 1.82) is 5.26 Å². The zero-order chi connectivity index (χ0) is 21.3. The minimum Gasteiger partial charge on any atom is -0.478 e. The molecule has 0 aliphatic heterocycles. The molecule has 0 saturated carbocycles. The van der Waals surface area contributed by atoms with Crippen LogP contribution in [0.5, 0.6) is 5.75 Å². The van der Waals surface area contributed by atoms with Crippen LogP contribution in [0, 0.1) is 11.3 Å². The number of hydrogen-bond donors (Lipinski definition) is 1. The fourth-order valence-corrected chi connectivity index (χ4v) is 3.01. The normalized spacial score (nSPS) is 11.2. The molecule has 0 aliphatic carbocycles. The van der Waals surface area contributed by atoms with E-state index in [2.05, 4.69) is 16.0 Å². The monoisotopic (exact) mass is 397 g/mol. The van der Waals surface area contributed by atoms with Gasteiger partial charge in [-0.15, -0.1) is 0 Å². The number of aromatic nitrogens is 3. The fourth-order valence-electron chi connectivity index (χ4n) is 3.01. The highest BCUT2D eigenvalue weighted by molar-refractivity contribution is 5.82. The number of primary amides is 1. The lowest BCUT2D eigenvalue weighted by atomic mass is 10.1. The summed E-state index contributed by atoms with van der Waals surface area (Å²) in [4.78, 5) is 20.4. The van der Waals surface area contributed by atoms with E-state index in [-0.39, 0.29) is 0 Å². The molecule has 4 aromatic rings. The smallest absolute Gasteiger partial charge is 0.261 e. The third-order valence-corrected chi connectivity index (χ3v) is 4.82. The largest absolute Gasteiger partial charge is 0.478 e. The number of amides is 1. The van der Waals surface area contributed by atoms with Crippen molar-refractivity contribution >= 4 is 11.6 Å². The minimum absolute atomic E-state index is 0.531. The Kier molecular flexibility index (Phi) is 4.68. The van der Waals surface area contributed by atoms with Crippen molar-refractivity contribution in [2.24, 2.45) is 5.73 Å². The molecule has 2 aromatic carbocycles. The van der Waals surface area contributed by atoms with Crippen LogP contribution in [-0.2, 0) is 4.79 Å². The van der Waals surface area contributed by atoms with Crippen molar-refractivity contribution in [3.63, 3.8) is 0 Å². The number of benzene rings is 2. The molecular weight excluding hydrogens is 378 g/mol. The molecule has 7 heteroatoms. The van der Waals surface area contributed by atoms with E-state index >= 15 is 0 Å². The Hall–Kier alpha value is -4.18. The summed E-state index contributed by atoms with van der Waals surface area (Å²) < 4.78 is 7.65. The molecule has 148 valence electrons. The molecule has 2 aromatic heterocycles. The van der Waals surface area contributed by atoms with Gasteiger partial charge in [-0.2, -0.15) is 5.26 Å². The standard InChI is InChI=1S/C23H19N5O2/c1-23(2,22(25)29)30-18-9-7-17(8-10-18)20-12-27-21-13-26-19(14-28(20)21)16-5-3-15(11-24)4-6-16/h3-10,12-14H,1-2H3,(H2,25,29). The maximum Gasteiger partial charge on any atom is 0.261 e. The van der Waals surface area contributed by atoms with Crippen LogP contribution in [0.3, 0.4) is 0 Å². The van der Waals surface area contributed by atoms with Crippen molar-refractivity contribution in [3.05, 3.63) is 72.7 Å². The molecule has 0 atom stereocenters. The zero-order valence-electron chi connectivity index (χ0n) is 16.5. The molecule has 0 fully saturated rings. The van der Waals surface area contributed by atoms with Crippen molar-refractivity contribution < 1.29 is 9.53 Å². The fraction of sp³-hybridized carbons (Fsp3) is 0.130. The van der Waals surface area contributed by atoms with E-state index in [1.165, 1.54) is 0 Å². The molecule has 4 rings (SSSR count). The molecule has 0 aliphatic rings. The topological polar surface area (TPSA) is 106 Å². The van der Waals surface area contributed by atoms with Crippen LogP contribution in [0.15, 0.2) is 67.1 Å². The van der Waals surface area contributed by atoms with Gasteiger partial charge in [-0.05, 0) is 50.2 Å². The van der Waals surface area contributed by atoms with E-state index in [9.17, 15) is 4.79 Å². The van der Waals surface area contributed by atoms with E-state index in [1.54, 1.807) is 50.5 Å². The Bertz CT molecular complexity index is 1270. The summed E-state index contributed by atoms with van der Waals surface area (Å²) in [5.41, 5.74) is 9.11. The second-order valence-electron chi connectivity index (χ2n) is 7.33. The molecule has 0 saturated heterocycles. The Morgan fingerprint density at radius 3 is 2.33 bits per heavy atom. The summed E-state index contributed by atoms with van der Waals surface area (Å²) in [5, 5.41) is 8.97. The lowest BCUT2D eigenvalue weighted by Crippen LogP contribution is -2.43. The van der Waals surface area contributed by atoms with E-state index in [1.807, 2.05) is 34.9 Å². The third kappa shape index (κ3) is 3.59. The van der Waals surface area contributed by atoms with Crippen LogP contribution in [0.25, 0.3) is 28.2 Å². The first-order valence-electron chi connectivity index (χ1n) is 9.30. The van der Waals surface area contributed by atoms with Gasteiger partial charge in [0.15, 0.2) is 11.2 Å². The van der Waals surface area contributed by atoms with Gasteiger partial charge < -0.3 is 10.5 Å². The first-order valence-corrected chi connectivity index (χ1v) is 9.30. The number of nitrogens with two attached hydrogens (primary N) is 1. The number of imidazole rings is 1. The molecule has 0 bridgehead atoms. The molecule has 2 N–H and O–H groups in total. The molecule has 0 spiro atoms. The summed E-state index contributed by atoms with van der Waals surface area (Å²) in [5.74, 6) is 0.0208. The van der Waals surface area contributed by atoms with Crippen LogP contribution in [0.2, 0.25) is 0 Å². The molecular formula is C23H19N5O2. The van der Waals surface area contributed by atoms with Crippen molar-refractivity contribution in [2.45, 2.75) is 19.4 Å². The summed E-state index contributed by atoms with van der Waals surface area (Å²) in [6.07, 6.45) is 5.41. The Balaban J connectivity index is 1.67. The molecule has 7 nitrogen and oxygen atoms in total. The quantitative estimate of drug-likeness (QED) is 0.554. The van der Waals surface area contributed by atoms with Crippen LogP contribution in [0.4, 0.5) is 0 Å². The summed E-state index contributed by atoms with van der Waals surface area (Å²) in [6.45, 7) is 3.26. The van der Waals surface area contributed by atoms with Gasteiger partial charge in [-0.3, -0.25) is 14.2 Å². The first kappa shape index (κ1) is 19.2. The molecule has 1 amide bonds. The summed E-state index contributed by atoms with van der Waals surface area (Å²) >= 11 is 0. The van der Waals surface area contributed by atoms with Gasteiger partial charge in [0.05, 0.1) is 35.4 Å². The summed E-state index contributed by atoms with van der Waals surface area (Å²) in [7, 11) is 0. The maximum atomic E-state index is 11.5. The Morgan fingerprint density at radius 2 is 1.70 bits per heavy atom. The molecule has 0 radical (unpaired) electrons. The van der Waals surface area contributed by atoms with Crippen molar-refractivity contribution in [3.8, 4) is 34.3 Å². The average Bonchev–Trinajstić information content (AvgIpc) is 3.17. The van der Waals surface area contributed by atoms with Gasteiger partial charge >= 0.3 is 0 Å². The number of hydrogen-bond acceptors (Lipinski definition) is 5. The number of carbonyl (C=O) groups excluding carboxylic acids is 1. The average molecular weight is 397 g/mol. The second-order valence-corrected chi connectivity index (χ2v) is 7.33. The molecule has 2 heterocycles. The third-order valence-electron chi connectivity index (χ3n) is 4.82. The van der Waals surface area contributed by atoms with Gasteiger partial charge in [-0.25, -0.2) is 4.98 Å². The lowest BCUT2D eigenvalue weighted by molar-refractivity contribution is -0.130. The van der Waals surface area contributed by atoms with Gasteiger partial charge in [0.1, 0.15) is 5.75 Å². The van der Waals surface area contributed by atoms with Gasteiger partial charge in [0.25, 0.3) is 5.91 Å². The van der Waals surface area contributed by atoms with Crippen LogP contribution in [0.1, 0.15) is 19.4 Å². The van der Waals surface area contributed by atoms with E-state index < -0.39 is 11.5 Å². The Morgan fingerprint density at radius 1 is 1.03 bits per heavy atom. The van der Waals surface area contributed by atoms with Crippen molar-refractivity contribution in [2.75, 3.05) is 0 Å². The second kappa shape index (κ2) is 7.33. The highest BCUT2D eigenvalue weighted by Crippen LogP contribution is 2.27. The van der Waals surface area contributed by atoms with E-state index in [0.29, 0.717) is 11.3 Å². The lowest BCUT2D eigenvalue weighted by Gasteiger charge is -2.22. The molecule has 30 heavy (non-hydrogen) atoms. The number of carbonyl (C=O) groups is 1. The predicted molar refractivity (Wildman–Crippen MR) is 112 cm³/mol. The number of ether oxygens (including phenoxy) is 1. The number of rotatable bonds is 5. The summed E-state index contributed by atoms with van der Waals surface area (Å²) in [6, 6.07) is 16.8. The Labute approximate surface area is 173 Å². The van der Waals surface area contributed by atoms with Gasteiger partial charge in [-0.1, -0.05) is 12.1 Å². The highest BCUT2D eigenvalue weighted by Gasteiger charge is 2.27. The number of nitrogens with zero attached hydrogens (tertiary/aromatic N) is 4. The predicted octanol–water partition coefficient (Wildman–Crippen LogP) is 3.58. The van der Waals surface area contributed by atoms with Crippen LogP contribution >= 0.6 is 0 Å². The first-order chi connectivity index (χ1) is 14.4. The number of nitriles is 1. The van der Waals surface area contributed by atoms with Gasteiger partial charge in [0.2, 0.25) is 0 Å². The minimum atomic E-state index is -1.09. The van der Waals surface area contributed by atoms with Gasteiger partial charge in [0, 0.05) is 17.3 Å². The van der Waals surface area contributed by atoms with E-state index in [4.69, 9.17) is 15.7 Å². The SMILES string of the molecule is CC(C)(Oc1ccc(-c2cnc3cnc(-c4ccc(C#N)cc4)cn23)cc1)C(N)=O. The van der Waals surface area contributed by atoms with E-state index in [0.717, 1.165) is 28.2 Å². The van der Waals surface area contributed by atoms with Crippen LogP contribution < -0.4 is 10.5 Å². The number of fused-ring (bicyclic) bond motifs is 1. The molecule has 0 unspecified atom stereocenters. The highest BCUT2D eigenvalue weighted by atomic mass is 16.5. The van der Waals surface area contributed by atoms with Crippen LogP contribution in [-0.4, -0.2) is 25.9 Å². The van der Waals surface area contributed by atoms with Crippen molar-refractivity contribution in [1.82, 2.24) is 14.4 Å². The zero-order valence-corrected chi connectivity index (χ0v) is 16.5. The maximum absolute atomic E-state index is 11.5.